The van der Waals surface area contributed by atoms with Gasteiger partial charge in [-0.05, 0) is 36.1 Å². The van der Waals surface area contributed by atoms with E-state index in [0.29, 0.717) is 13.1 Å². The van der Waals surface area contributed by atoms with Gasteiger partial charge in [0, 0.05) is 13.1 Å². The summed E-state index contributed by atoms with van der Waals surface area (Å²) < 4.78 is 43.8. The van der Waals surface area contributed by atoms with Gasteiger partial charge in [-0.2, -0.15) is 4.72 Å². The van der Waals surface area contributed by atoms with Crippen LogP contribution in [0.3, 0.4) is 0 Å². The van der Waals surface area contributed by atoms with Gasteiger partial charge in [-0.1, -0.05) is 27.7 Å². The summed E-state index contributed by atoms with van der Waals surface area (Å²) in [6, 6.07) is 4.18. The molecule has 0 heterocycles. The maximum atomic E-state index is 12.9. The van der Waals surface area contributed by atoms with Crippen molar-refractivity contribution in [2.24, 2.45) is 11.8 Å². The van der Waals surface area contributed by atoms with Crippen molar-refractivity contribution >= 4 is 21.9 Å². The zero-order valence-corrected chi connectivity index (χ0v) is 16.9. The van der Waals surface area contributed by atoms with Crippen LogP contribution in [-0.4, -0.2) is 51.4 Å². The smallest absolute Gasteiger partial charge is 0.321 e. The van der Waals surface area contributed by atoms with Crippen molar-refractivity contribution in [2.45, 2.75) is 32.6 Å². The van der Waals surface area contributed by atoms with Crippen LogP contribution in [0.1, 0.15) is 27.7 Å². The molecule has 0 spiro atoms. The molecule has 0 atom stereocenters. The Labute approximate surface area is 159 Å². The molecule has 1 amide bonds. The van der Waals surface area contributed by atoms with E-state index in [1.165, 1.54) is 0 Å². The fourth-order valence-electron chi connectivity index (χ4n) is 2.30. The van der Waals surface area contributed by atoms with Gasteiger partial charge in [-0.15, -0.1) is 0 Å². The first kappa shape index (κ1) is 23.0. The molecule has 0 bridgehead atoms. The largest absolute Gasteiger partial charge is 0.455 e. The summed E-state index contributed by atoms with van der Waals surface area (Å²) in [6.45, 7) is 7.96. The van der Waals surface area contributed by atoms with Crippen LogP contribution in [0.15, 0.2) is 29.2 Å². The van der Waals surface area contributed by atoms with Crippen LogP contribution in [0.4, 0.5) is 4.39 Å². The SMILES string of the molecule is CC(C)CN(CC(C)C)C(=O)COC(=O)CNS(=O)(=O)c1ccc(F)cc1. The minimum Gasteiger partial charge on any atom is -0.455 e. The number of rotatable bonds is 10. The normalized spacial score (nSPS) is 11.7. The number of nitrogens with one attached hydrogen (secondary N) is 1. The Bertz CT molecular complexity index is 723. The third-order valence-electron chi connectivity index (χ3n) is 3.41. The van der Waals surface area contributed by atoms with Crippen LogP contribution in [0.25, 0.3) is 0 Å². The molecule has 9 heteroatoms. The number of nitrogens with zero attached hydrogens (tertiary/aromatic N) is 1. The van der Waals surface area contributed by atoms with Gasteiger partial charge in [0.15, 0.2) is 6.61 Å². The molecule has 1 rings (SSSR count). The van der Waals surface area contributed by atoms with Crippen molar-refractivity contribution in [3.8, 4) is 0 Å². The van der Waals surface area contributed by atoms with E-state index in [0.717, 1.165) is 24.3 Å². The minimum absolute atomic E-state index is 0.173. The molecule has 0 aliphatic heterocycles. The third kappa shape index (κ3) is 8.49. The molecule has 0 saturated heterocycles. The number of sulfonamides is 1. The van der Waals surface area contributed by atoms with Crippen LogP contribution in [0.5, 0.6) is 0 Å². The van der Waals surface area contributed by atoms with E-state index >= 15 is 0 Å². The van der Waals surface area contributed by atoms with Crippen molar-refractivity contribution in [2.75, 3.05) is 26.2 Å². The molecule has 0 fully saturated rings. The quantitative estimate of drug-likeness (QED) is 0.603. The average molecular weight is 402 g/mol. The van der Waals surface area contributed by atoms with E-state index in [1.54, 1.807) is 4.90 Å². The summed E-state index contributed by atoms with van der Waals surface area (Å²) in [6.07, 6.45) is 0. The molecule has 0 saturated carbocycles. The van der Waals surface area contributed by atoms with Gasteiger partial charge in [0.2, 0.25) is 10.0 Å². The number of hydrogen-bond acceptors (Lipinski definition) is 5. The maximum absolute atomic E-state index is 12.9. The number of halogens is 1. The Morgan fingerprint density at radius 2 is 1.59 bits per heavy atom. The molecule has 0 aliphatic rings. The Morgan fingerprint density at radius 1 is 1.07 bits per heavy atom. The number of ether oxygens (including phenoxy) is 1. The van der Waals surface area contributed by atoms with Gasteiger partial charge in [0.1, 0.15) is 12.4 Å². The Hall–Kier alpha value is -2.00. The fourth-order valence-corrected chi connectivity index (χ4v) is 3.26. The van der Waals surface area contributed by atoms with E-state index in [-0.39, 0.29) is 22.6 Å². The summed E-state index contributed by atoms with van der Waals surface area (Å²) in [4.78, 5) is 25.5. The van der Waals surface area contributed by atoms with Crippen LogP contribution >= 0.6 is 0 Å². The first-order chi connectivity index (χ1) is 12.5. The van der Waals surface area contributed by atoms with Crippen molar-refractivity contribution in [1.29, 1.82) is 0 Å². The predicted octanol–water partition coefficient (Wildman–Crippen LogP) is 1.79. The first-order valence-electron chi connectivity index (χ1n) is 8.70. The maximum Gasteiger partial charge on any atom is 0.321 e. The fraction of sp³-hybridized carbons (Fsp3) is 0.556. The van der Waals surface area contributed by atoms with E-state index in [1.807, 2.05) is 27.7 Å². The van der Waals surface area contributed by atoms with Crippen LogP contribution in [-0.2, 0) is 24.3 Å². The van der Waals surface area contributed by atoms with Gasteiger partial charge >= 0.3 is 5.97 Å². The number of amides is 1. The van der Waals surface area contributed by atoms with E-state index in [4.69, 9.17) is 4.74 Å². The topological polar surface area (TPSA) is 92.8 Å². The minimum atomic E-state index is -3.97. The van der Waals surface area contributed by atoms with Crippen molar-refractivity contribution in [3.05, 3.63) is 30.1 Å². The van der Waals surface area contributed by atoms with Crippen LogP contribution in [0, 0.1) is 17.7 Å². The number of esters is 1. The molecule has 7 nitrogen and oxygen atoms in total. The molecule has 27 heavy (non-hydrogen) atoms. The average Bonchev–Trinajstić information content (AvgIpc) is 2.57. The van der Waals surface area contributed by atoms with E-state index < -0.39 is 35.0 Å². The highest BCUT2D eigenvalue weighted by Gasteiger charge is 2.20. The summed E-state index contributed by atoms with van der Waals surface area (Å²) in [5.41, 5.74) is 0. The number of benzene rings is 1. The van der Waals surface area contributed by atoms with Gasteiger partial charge in [-0.3, -0.25) is 9.59 Å². The lowest BCUT2D eigenvalue weighted by atomic mass is 10.1. The lowest BCUT2D eigenvalue weighted by Gasteiger charge is -2.26. The molecule has 0 radical (unpaired) electrons. The molecule has 1 aromatic rings. The number of carbonyl (C=O) groups is 2. The molecular formula is C18H27FN2O5S. The first-order valence-corrected chi connectivity index (χ1v) is 10.2. The van der Waals surface area contributed by atoms with Crippen LogP contribution < -0.4 is 4.72 Å². The Morgan fingerprint density at radius 3 is 2.07 bits per heavy atom. The van der Waals surface area contributed by atoms with Gasteiger partial charge in [0.05, 0.1) is 4.90 Å². The van der Waals surface area contributed by atoms with Crippen LogP contribution in [0.2, 0.25) is 0 Å². The van der Waals surface area contributed by atoms with E-state index in [2.05, 4.69) is 4.72 Å². The molecule has 1 aromatic carbocycles. The molecule has 0 aromatic heterocycles. The summed E-state index contributed by atoms with van der Waals surface area (Å²) in [5, 5.41) is 0. The van der Waals surface area contributed by atoms with Crippen molar-refractivity contribution < 1.29 is 27.1 Å². The predicted molar refractivity (Wildman–Crippen MR) is 98.8 cm³/mol. The highest BCUT2D eigenvalue weighted by molar-refractivity contribution is 7.89. The summed E-state index contributed by atoms with van der Waals surface area (Å²) in [5.74, 6) is -1.23. The lowest BCUT2D eigenvalue weighted by molar-refractivity contribution is -0.151. The summed E-state index contributed by atoms with van der Waals surface area (Å²) in [7, 11) is -3.97. The van der Waals surface area contributed by atoms with E-state index in [9.17, 15) is 22.4 Å². The van der Waals surface area contributed by atoms with Crippen molar-refractivity contribution in [1.82, 2.24) is 9.62 Å². The van der Waals surface area contributed by atoms with Crippen molar-refractivity contribution in [3.63, 3.8) is 0 Å². The second-order valence-electron chi connectivity index (χ2n) is 7.03. The molecule has 0 aliphatic carbocycles. The molecular weight excluding hydrogens is 375 g/mol. The monoisotopic (exact) mass is 402 g/mol. The Balaban J connectivity index is 2.53. The van der Waals surface area contributed by atoms with Gasteiger partial charge < -0.3 is 9.64 Å². The van der Waals surface area contributed by atoms with Gasteiger partial charge in [-0.25, -0.2) is 12.8 Å². The molecule has 152 valence electrons. The second-order valence-corrected chi connectivity index (χ2v) is 8.79. The highest BCUT2D eigenvalue weighted by Crippen LogP contribution is 2.09. The number of hydrogen-bond donors (Lipinski definition) is 1. The zero-order chi connectivity index (χ0) is 20.6. The standard InChI is InChI=1S/C18H27FN2O5S/c1-13(2)10-21(11-14(3)4)17(22)12-26-18(23)9-20-27(24,25)16-7-5-15(19)6-8-16/h5-8,13-14,20H,9-12H2,1-4H3. The highest BCUT2D eigenvalue weighted by atomic mass is 32.2. The zero-order valence-electron chi connectivity index (χ0n) is 16.1. The molecule has 0 unspecified atom stereocenters. The Kier molecular flexibility index (Phi) is 8.84. The number of carbonyl (C=O) groups excluding carboxylic acids is 2. The van der Waals surface area contributed by atoms with Gasteiger partial charge in [0.25, 0.3) is 5.91 Å². The lowest BCUT2D eigenvalue weighted by Crippen LogP contribution is -2.40. The third-order valence-corrected chi connectivity index (χ3v) is 4.83. The second kappa shape index (κ2) is 10.4. The molecule has 1 N–H and O–H groups in total. The summed E-state index contributed by atoms with van der Waals surface area (Å²) >= 11 is 0.